The summed E-state index contributed by atoms with van der Waals surface area (Å²) in [5.74, 6) is -1.15. The van der Waals surface area contributed by atoms with Gasteiger partial charge < -0.3 is 15.0 Å². The quantitative estimate of drug-likeness (QED) is 0.892. The van der Waals surface area contributed by atoms with Crippen molar-refractivity contribution in [3.63, 3.8) is 0 Å². The average molecular weight is 307 g/mol. The van der Waals surface area contributed by atoms with Crippen molar-refractivity contribution in [3.8, 4) is 0 Å². The molecule has 0 fully saturated rings. The van der Waals surface area contributed by atoms with Crippen LogP contribution in [0, 0.1) is 0 Å². The molecule has 110 valence electrons. The molecule has 0 spiro atoms. The Labute approximate surface area is 127 Å². The van der Waals surface area contributed by atoms with E-state index in [0.29, 0.717) is 29.2 Å². The predicted octanol–water partition coefficient (Wildman–Crippen LogP) is 2.68. The molecule has 2 N–H and O–H groups in total. The van der Waals surface area contributed by atoms with Crippen molar-refractivity contribution >= 4 is 23.5 Å². The highest BCUT2D eigenvalue weighted by Crippen LogP contribution is 2.13. The number of carboxylic acid groups (broad SMARTS) is 1. The molecule has 1 heterocycles. The molecule has 1 amide bonds. The number of aromatic amines is 1. The number of H-pyrrole nitrogens is 1. The van der Waals surface area contributed by atoms with Crippen molar-refractivity contribution in [2.75, 3.05) is 13.6 Å². The number of carbonyl (C=O) groups excluding carboxylic acids is 1. The number of carboxylic acids is 1. The van der Waals surface area contributed by atoms with E-state index in [4.69, 9.17) is 16.7 Å². The zero-order valence-electron chi connectivity index (χ0n) is 11.5. The first-order valence-corrected chi connectivity index (χ1v) is 6.77. The lowest BCUT2D eigenvalue weighted by Gasteiger charge is -2.17. The fourth-order valence-corrected chi connectivity index (χ4v) is 2.20. The monoisotopic (exact) mass is 306 g/mol. The zero-order chi connectivity index (χ0) is 15.4. The Bertz CT molecular complexity index is 666. The molecule has 1 aromatic heterocycles. The summed E-state index contributed by atoms with van der Waals surface area (Å²) >= 11 is 5.77. The maximum atomic E-state index is 12.1. The number of aromatic nitrogens is 1. The van der Waals surface area contributed by atoms with E-state index in [1.54, 1.807) is 43.6 Å². The molecule has 0 aliphatic carbocycles. The topological polar surface area (TPSA) is 73.4 Å². The molecule has 2 rings (SSSR count). The van der Waals surface area contributed by atoms with Crippen LogP contribution in [0.15, 0.2) is 36.5 Å². The first-order chi connectivity index (χ1) is 9.99. The maximum absolute atomic E-state index is 12.1. The maximum Gasteiger partial charge on any atom is 0.335 e. The van der Waals surface area contributed by atoms with Gasteiger partial charge in [-0.2, -0.15) is 0 Å². The number of rotatable bonds is 5. The van der Waals surface area contributed by atoms with E-state index < -0.39 is 5.97 Å². The third-order valence-electron chi connectivity index (χ3n) is 3.19. The second kappa shape index (κ2) is 6.45. The molecule has 0 unspecified atom stereocenters. The van der Waals surface area contributed by atoms with E-state index in [1.165, 1.54) is 4.90 Å². The van der Waals surface area contributed by atoms with E-state index in [2.05, 4.69) is 4.98 Å². The molecule has 6 heteroatoms. The summed E-state index contributed by atoms with van der Waals surface area (Å²) in [6.07, 6.45) is 2.02. The van der Waals surface area contributed by atoms with Crippen molar-refractivity contribution < 1.29 is 14.7 Å². The van der Waals surface area contributed by atoms with Gasteiger partial charge in [0.1, 0.15) is 5.69 Å². The van der Waals surface area contributed by atoms with Crippen LogP contribution >= 0.6 is 11.6 Å². The van der Waals surface area contributed by atoms with Crippen LogP contribution in [-0.2, 0) is 6.42 Å². The first-order valence-electron chi connectivity index (χ1n) is 6.39. The Morgan fingerprint density at radius 1 is 1.33 bits per heavy atom. The van der Waals surface area contributed by atoms with Gasteiger partial charge in [-0.25, -0.2) is 4.79 Å². The summed E-state index contributed by atoms with van der Waals surface area (Å²) in [5, 5.41) is 9.60. The molecule has 2 aromatic rings. The summed E-state index contributed by atoms with van der Waals surface area (Å²) in [5.41, 5.74) is 1.38. The van der Waals surface area contributed by atoms with Gasteiger partial charge in [0.25, 0.3) is 5.91 Å². The highest BCUT2D eigenvalue weighted by atomic mass is 35.5. The van der Waals surface area contributed by atoms with Crippen molar-refractivity contribution in [1.29, 1.82) is 0 Å². The number of hydrogen-bond acceptors (Lipinski definition) is 2. The Morgan fingerprint density at radius 3 is 2.67 bits per heavy atom. The van der Waals surface area contributed by atoms with Crippen molar-refractivity contribution in [1.82, 2.24) is 9.88 Å². The van der Waals surface area contributed by atoms with Gasteiger partial charge in [0, 0.05) is 19.8 Å². The molecular weight excluding hydrogens is 292 g/mol. The largest absolute Gasteiger partial charge is 0.478 e. The van der Waals surface area contributed by atoms with Crippen LogP contribution in [0.2, 0.25) is 5.02 Å². The molecule has 0 saturated heterocycles. The zero-order valence-corrected chi connectivity index (χ0v) is 12.2. The number of amides is 1. The molecule has 5 nitrogen and oxygen atoms in total. The molecule has 0 saturated carbocycles. The normalized spacial score (nSPS) is 10.4. The lowest BCUT2D eigenvalue weighted by Crippen LogP contribution is -2.29. The number of halogens is 1. The average Bonchev–Trinajstić information content (AvgIpc) is 2.90. The fraction of sp³-hybridized carbons (Fsp3) is 0.200. The van der Waals surface area contributed by atoms with Crippen LogP contribution in [0.5, 0.6) is 0 Å². The van der Waals surface area contributed by atoms with Gasteiger partial charge in [0.15, 0.2) is 0 Å². The second-order valence-electron chi connectivity index (χ2n) is 4.67. The molecule has 0 atom stereocenters. The summed E-state index contributed by atoms with van der Waals surface area (Å²) in [7, 11) is 1.67. The van der Waals surface area contributed by atoms with E-state index in [-0.39, 0.29) is 11.5 Å². The second-order valence-corrected chi connectivity index (χ2v) is 5.11. The summed E-state index contributed by atoms with van der Waals surface area (Å²) in [4.78, 5) is 27.6. The Hall–Kier alpha value is -2.27. The van der Waals surface area contributed by atoms with Gasteiger partial charge >= 0.3 is 5.97 Å². The lowest BCUT2D eigenvalue weighted by atomic mass is 10.0. The molecule has 1 aromatic carbocycles. The van der Waals surface area contributed by atoms with Gasteiger partial charge in [-0.3, -0.25) is 4.79 Å². The summed E-state index contributed by atoms with van der Waals surface area (Å²) < 4.78 is 0. The number of carbonyl (C=O) groups is 2. The van der Waals surface area contributed by atoms with Crippen LogP contribution in [0.4, 0.5) is 0 Å². The Balaban J connectivity index is 2.03. The van der Waals surface area contributed by atoms with E-state index >= 15 is 0 Å². The minimum absolute atomic E-state index is 0.185. The number of nitrogens with one attached hydrogen (secondary N) is 1. The van der Waals surface area contributed by atoms with Crippen molar-refractivity contribution in [2.24, 2.45) is 0 Å². The molecule has 0 aliphatic heterocycles. The van der Waals surface area contributed by atoms with Crippen LogP contribution < -0.4 is 0 Å². The van der Waals surface area contributed by atoms with Crippen LogP contribution in [0.25, 0.3) is 0 Å². The predicted molar refractivity (Wildman–Crippen MR) is 79.9 cm³/mol. The van der Waals surface area contributed by atoms with E-state index in [0.717, 1.165) is 0 Å². The van der Waals surface area contributed by atoms with Gasteiger partial charge in [-0.05, 0) is 24.1 Å². The SMILES string of the molecule is CN(CCc1ccccc1C(=O)O)C(=O)c1cc(Cl)c[nH]1. The van der Waals surface area contributed by atoms with Crippen LogP contribution in [-0.4, -0.2) is 40.5 Å². The van der Waals surface area contributed by atoms with Crippen LogP contribution in [0.3, 0.4) is 0 Å². The number of aromatic carboxylic acids is 1. The van der Waals surface area contributed by atoms with Crippen molar-refractivity contribution in [3.05, 3.63) is 58.4 Å². The van der Waals surface area contributed by atoms with E-state index in [9.17, 15) is 9.59 Å². The number of benzene rings is 1. The highest BCUT2D eigenvalue weighted by Gasteiger charge is 2.15. The summed E-state index contributed by atoms with van der Waals surface area (Å²) in [6, 6.07) is 8.35. The third-order valence-corrected chi connectivity index (χ3v) is 3.41. The lowest BCUT2D eigenvalue weighted by molar-refractivity contribution is 0.0695. The Morgan fingerprint density at radius 2 is 2.05 bits per heavy atom. The number of hydrogen-bond donors (Lipinski definition) is 2. The minimum Gasteiger partial charge on any atom is -0.478 e. The van der Waals surface area contributed by atoms with Crippen LogP contribution in [0.1, 0.15) is 26.4 Å². The number of nitrogens with zero attached hydrogens (tertiary/aromatic N) is 1. The van der Waals surface area contributed by atoms with Gasteiger partial charge in [0.2, 0.25) is 0 Å². The highest BCUT2D eigenvalue weighted by molar-refractivity contribution is 6.30. The fourth-order valence-electron chi connectivity index (χ4n) is 2.03. The third kappa shape index (κ3) is 3.64. The van der Waals surface area contributed by atoms with Gasteiger partial charge in [-0.1, -0.05) is 29.8 Å². The standard InChI is InChI=1S/C15H15ClN2O3/c1-18(14(19)13-8-11(16)9-17-13)7-6-10-4-2-3-5-12(10)15(20)21/h2-5,8-9,17H,6-7H2,1H3,(H,20,21). The molecule has 21 heavy (non-hydrogen) atoms. The van der Waals surface area contributed by atoms with Crippen molar-refractivity contribution in [2.45, 2.75) is 6.42 Å². The Kier molecular flexibility index (Phi) is 4.65. The summed E-state index contributed by atoms with van der Waals surface area (Å²) in [6.45, 7) is 0.416. The molecule has 0 bridgehead atoms. The molecule has 0 radical (unpaired) electrons. The first kappa shape index (κ1) is 15.1. The molecular formula is C15H15ClN2O3. The minimum atomic E-state index is -0.962. The van der Waals surface area contributed by atoms with Gasteiger partial charge in [0.05, 0.1) is 10.6 Å². The molecule has 0 aliphatic rings. The smallest absolute Gasteiger partial charge is 0.335 e. The van der Waals surface area contributed by atoms with E-state index in [1.807, 2.05) is 0 Å². The number of likely N-dealkylation sites (N-methyl/N-ethyl adjacent to an activating group) is 1. The van der Waals surface area contributed by atoms with Gasteiger partial charge in [-0.15, -0.1) is 0 Å².